The van der Waals surface area contributed by atoms with Crippen LogP contribution in [0.25, 0.3) is 0 Å². The van der Waals surface area contributed by atoms with Crippen molar-refractivity contribution in [2.75, 3.05) is 65.6 Å². The number of fused-ring (bicyclic) bond motifs is 5. The summed E-state index contributed by atoms with van der Waals surface area (Å²) in [5.41, 5.74) is 0.160. The molecular weight excluding hydrogens is 589 g/mol. The number of nitrogens with zero attached hydrogens (tertiary/aromatic N) is 3. The first-order valence-electron chi connectivity index (χ1n) is 18.4. The number of ether oxygens (including phenoxy) is 2. The molecule has 11 heteroatoms. The molecule has 0 bridgehead atoms. The van der Waals surface area contributed by atoms with E-state index in [2.05, 4.69) is 25.3 Å². The molecule has 11 atom stereocenters. The van der Waals surface area contributed by atoms with Crippen molar-refractivity contribution in [1.82, 2.24) is 25.3 Å². The second-order valence-electron chi connectivity index (χ2n) is 15.3. The van der Waals surface area contributed by atoms with Crippen molar-refractivity contribution < 1.29 is 28.2 Å². The lowest BCUT2D eigenvalue weighted by Gasteiger charge is -2.60. The van der Waals surface area contributed by atoms with Gasteiger partial charge in [-0.1, -0.05) is 12.8 Å². The molecule has 1 amide bonds. The van der Waals surface area contributed by atoms with E-state index >= 15 is 4.39 Å². The average Bonchev–Trinajstić information content (AvgIpc) is 3.69. The number of carbonyl (C=O) groups is 3. The Morgan fingerprint density at radius 3 is 2.46 bits per heavy atom. The van der Waals surface area contributed by atoms with Gasteiger partial charge in [-0.3, -0.25) is 19.3 Å². The minimum atomic E-state index is -1.27. The van der Waals surface area contributed by atoms with E-state index < -0.39 is 24.2 Å². The standard InChI is InChI=1S/C35H52FN5O5/c36-27-17-25-31-34(30(27)37-7-11-40-13-15-45-16-14-40)46-29-19-24-23(21-5-1-2-6-22(21)32(24)42)18-28(29)41(31)20-26(33(25)43)35(44)38-8-12-39-9-3-4-10-39/h20-25,27-31,34,37H,1-19H2,(H,38,44). The fraction of sp³-hybridized carbons (Fsp3) is 0.857. The number of carbonyl (C=O) groups excluding carboxylic acids is 3. The van der Waals surface area contributed by atoms with E-state index in [4.69, 9.17) is 9.47 Å². The predicted octanol–water partition coefficient (Wildman–Crippen LogP) is 1.54. The molecule has 3 saturated heterocycles. The van der Waals surface area contributed by atoms with Gasteiger partial charge in [-0.25, -0.2) is 4.39 Å². The largest absolute Gasteiger partial charge is 0.379 e. The van der Waals surface area contributed by atoms with Crippen LogP contribution in [0.5, 0.6) is 0 Å². The van der Waals surface area contributed by atoms with Crippen molar-refractivity contribution in [2.24, 2.45) is 29.6 Å². The molecule has 4 heterocycles. The Labute approximate surface area is 272 Å². The number of morpholine rings is 2. The highest BCUT2D eigenvalue weighted by atomic mass is 19.1. The third kappa shape index (κ3) is 5.65. The molecule has 254 valence electrons. The zero-order valence-corrected chi connectivity index (χ0v) is 27.1. The summed E-state index contributed by atoms with van der Waals surface area (Å²) in [5.74, 6) is 0.113. The molecule has 46 heavy (non-hydrogen) atoms. The second-order valence-corrected chi connectivity index (χ2v) is 15.3. The number of amides is 1. The van der Waals surface area contributed by atoms with Gasteiger partial charge in [-0.2, -0.15) is 0 Å². The van der Waals surface area contributed by atoms with Crippen molar-refractivity contribution in [3.05, 3.63) is 11.8 Å². The van der Waals surface area contributed by atoms with E-state index in [1.807, 2.05) is 6.20 Å². The summed E-state index contributed by atoms with van der Waals surface area (Å²) in [6.45, 7) is 7.95. The summed E-state index contributed by atoms with van der Waals surface area (Å²) in [6, 6.07) is -0.898. The summed E-state index contributed by atoms with van der Waals surface area (Å²) < 4.78 is 28.6. The van der Waals surface area contributed by atoms with Crippen LogP contribution in [-0.2, 0) is 23.9 Å². The zero-order chi connectivity index (χ0) is 31.4. The molecule has 8 rings (SSSR count). The van der Waals surface area contributed by atoms with Gasteiger partial charge in [0.1, 0.15) is 12.0 Å². The van der Waals surface area contributed by atoms with Gasteiger partial charge in [0.05, 0.1) is 49.1 Å². The van der Waals surface area contributed by atoms with Crippen LogP contribution < -0.4 is 10.6 Å². The Balaban J connectivity index is 1.05. The highest BCUT2D eigenvalue weighted by Crippen LogP contribution is 2.55. The number of hydrogen-bond acceptors (Lipinski definition) is 9. The first-order valence-corrected chi connectivity index (χ1v) is 18.4. The minimum absolute atomic E-state index is 0.00273. The molecule has 4 aliphatic heterocycles. The first-order chi connectivity index (χ1) is 22.5. The van der Waals surface area contributed by atoms with E-state index in [0.717, 1.165) is 65.0 Å². The molecular formula is C35H52FN5O5. The summed E-state index contributed by atoms with van der Waals surface area (Å²) >= 11 is 0. The molecule has 0 aromatic rings. The maximum absolute atomic E-state index is 16.2. The van der Waals surface area contributed by atoms with E-state index in [9.17, 15) is 14.4 Å². The van der Waals surface area contributed by atoms with Crippen LogP contribution in [-0.4, -0.2) is 134 Å². The van der Waals surface area contributed by atoms with E-state index in [1.165, 1.54) is 19.3 Å². The predicted molar refractivity (Wildman–Crippen MR) is 169 cm³/mol. The molecule has 0 radical (unpaired) electrons. The van der Waals surface area contributed by atoms with Crippen molar-refractivity contribution in [2.45, 2.75) is 94.3 Å². The fourth-order valence-electron chi connectivity index (χ4n) is 10.8. The lowest BCUT2D eigenvalue weighted by atomic mass is 9.66. The van der Waals surface area contributed by atoms with Crippen LogP contribution in [0, 0.1) is 29.6 Å². The highest BCUT2D eigenvalue weighted by Gasteiger charge is 2.62. The van der Waals surface area contributed by atoms with Crippen molar-refractivity contribution in [1.29, 1.82) is 0 Å². The van der Waals surface area contributed by atoms with Crippen molar-refractivity contribution >= 4 is 17.5 Å². The Morgan fingerprint density at radius 2 is 1.63 bits per heavy atom. The Kier molecular flexibility index (Phi) is 8.98. The number of nitrogens with one attached hydrogen (secondary N) is 2. The molecule has 7 fully saturated rings. The second kappa shape index (κ2) is 13.2. The maximum Gasteiger partial charge on any atom is 0.256 e. The summed E-state index contributed by atoms with van der Waals surface area (Å²) in [6.07, 6.45) is 8.15. The summed E-state index contributed by atoms with van der Waals surface area (Å²) in [4.78, 5) is 48.2. The van der Waals surface area contributed by atoms with Gasteiger partial charge in [0, 0.05) is 63.2 Å². The number of rotatable bonds is 8. The highest BCUT2D eigenvalue weighted by molar-refractivity contribution is 6.20. The van der Waals surface area contributed by atoms with Gasteiger partial charge >= 0.3 is 0 Å². The molecule has 0 spiro atoms. The average molecular weight is 642 g/mol. The van der Waals surface area contributed by atoms with E-state index in [-0.39, 0.29) is 53.7 Å². The Bertz CT molecular complexity index is 1210. The van der Waals surface area contributed by atoms with Gasteiger partial charge in [-0.05, 0) is 69.9 Å². The van der Waals surface area contributed by atoms with Gasteiger partial charge < -0.3 is 29.9 Å². The number of halogens is 1. The van der Waals surface area contributed by atoms with Crippen molar-refractivity contribution in [3.8, 4) is 0 Å². The van der Waals surface area contributed by atoms with E-state index in [0.29, 0.717) is 50.3 Å². The van der Waals surface area contributed by atoms with Crippen LogP contribution in [0.15, 0.2) is 11.8 Å². The van der Waals surface area contributed by atoms with Crippen LogP contribution in [0.4, 0.5) is 4.39 Å². The Hall–Kier alpha value is -1.92. The van der Waals surface area contributed by atoms with Gasteiger partial charge in [-0.15, -0.1) is 0 Å². The van der Waals surface area contributed by atoms with Crippen molar-refractivity contribution in [3.63, 3.8) is 0 Å². The molecule has 8 aliphatic rings. The lowest BCUT2D eigenvalue weighted by Crippen LogP contribution is -2.73. The summed E-state index contributed by atoms with van der Waals surface area (Å²) in [7, 11) is 0. The van der Waals surface area contributed by atoms with Gasteiger partial charge in [0.2, 0.25) is 0 Å². The van der Waals surface area contributed by atoms with Crippen LogP contribution in [0.3, 0.4) is 0 Å². The van der Waals surface area contributed by atoms with Crippen LogP contribution in [0.2, 0.25) is 0 Å². The number of alkyl halides is 1. The third-order valence-electron chi connectivity index (χ3n) is 13.0. The van der Waals surface area contributed by atoms with Crippen LogP contribution in [0.1, 0.15) is 57.8 Å². The third-order valence-corrected chi connectivity index (χ3v) is 13.0. The minimum Gasteiger partial charge on any atom is -0.379 e. The Morgan fingerprint density at radius 1 is 0.870 bits per heavy atom. The van der Waals surface area contributed by atoms with E-state index in [1.54, 1.807) is 0 Å². The van der Waals surface area contributed by atoms with Gasteiger partial charge in [0.15, 0.2) is 5.78 Å². The summed E-state index contributed by atoms with van der Waals surface area (Å²) in [5, 5.41) is 6.53. The monoisotopic (exact) mass is 641 g/mol. The molecule has 2 N–H and O–H groups in total. The van der Waals surface area contributed by atoms with Crippen LogP contribution >= 0.6 is 0 Å². The molecule has 4 saturated carbocycles. The zero-order valence-electron chi connectivity index (χ0n) is 27.1. The molecule has 0 aromatic carbocycles. The molecule has 4 aliphatic carbocycles. The first kappa shape index (κ1) is 31.4. The maximum atomic E-state index is 16.2. The number of likely N-dealkylation sites (tertiary alicyclic amines) is 1. The number of Topliss-reactive ketones (excluding diaryl/α,β-unsaturated/α-hetero) is 2. The molecule has 0 aromatic heterocycles. The molecule has 11 unspecified atom stereocenters. The topological polar surface area (TPSA) is 103 Å². The quantitative estimate of drug-likeness (QED) is 0.382. The number of hydrogen-bond donors (Lipinski definition) is 2. The normalized spacial score (nSPS) is 42.6. The number of ketones is 2. The molecule has 10 nitrogen and oxygen atoms in total. The fourth-order valence-corrected chi connectivity index (χ4v) is 10.8. The smallest absolute Gasteiger partial charge is 0.256 e. The SMILES string of the molecule is O=C(NCCN1CCCC1)C1=CN2C3CC4C(CC3OC3C(NCCN5CCOCC5)C(F)CC(C1=O)C32)C(=O)C1CCCCC14. The lowest BCUT2D eigenvalue weighted by molar-refractivity contribution is -0.206. The van der Waals surface area contributed by atoms with Gasteiger partial charge in [0.25, 0.3) is 5.91 Å².